The maximum Gasteiger partial charge on any atom is 0.0457 e. The molecule has 3 aromatic carbocycles. The van der Waals surface area contributed by atoms with Crippen LogP contribution in [0.5, 0.6) is 0 Å². The van der Waals surface area contributed by atoms with Crippen molar-refractivity contribution in [3.8, 4) is 0 Å². The molecule has 3 nitrogen and oxygen atoms in total. The molecule has 2 aromatic heterocycles. The van der Waals surface area contributed by atoms with Gasteiger partial charge in [-0.3, -0.25) is 0 Å². The van der Waals surface area contributed by atoms with Crippen LogP contribution in [0.3, 0.4) is 0 Å². The second kappa shape index (κ2) is 7.91. The molecule has 0 radical (unpaired) electrons. The van der Waals surface area contributed by atoms with Crippen molar-refractivity contribution in [2.45, 2.75) is 12.3 Å². The molecular formula is C24H18Br3N3. The predicted molar refractivity (Wildman–Crippen MR) is 136 cm³/mol. The molecule has 4 N–H and O–H groups in total. The summed E-state index contributed by atoms with van der Waals surface area (Å²) in [6.45, 7) is 0. The first kappa shape index (κ1) is 19.9. The van der Waals surface area contributed by atoms with Crippen molar-refractivity contribution in [2.24, 2.45) is 0 Å². The van der Waals surface area contributed by atoms with Gasteiger partial charge in [-0.15, -0.1) is 0 Å². The van der Waals surface area contributed by atoms with E-state index in [2.05, 4.69) is 113 Å². The van der Waals surface area contributed by atoms with Gasteiger partial charge >= 0.3 is 0 Å². The summed E-state index contributed by atoms with van der Waals surface area (Å²) in [5.74, 6) is 0.132. The molecule has 5 rings (SSSR count). The number of aromatic nitrogens is 2. The van der Waals surface area contributed by atoms with Crippen LogP contribution in [0.1, 0.15) is 22.6 Å². The zero-order valence-corrected chi connectivity index (χ0v) is 20.6. The van der Waals surface area contributed by atoms with Gasteiger partial charge in [-0.25, -0.2) is 0 Å². The predicted octanol–water partition coefficient (Wildman–Crippen LogP) is 7.89. The fourth-order valence-electron chi connectivity index (χ4n) is 4.16. The van der Waals surface area contributed by atoms with E-state index in [1.165, 1.54) is 21.9 Å². The standard InChI is InChI=1S/C24H18Br3N3/c25-14-1-4-22(28)13(7-14)8-17(20-11-29-23-5-2-15(26)9-18(20)23)21-12-30-24-6-3-16(27)10-19(21)24/h1-7,9-12,17,29-30H,8,28H2. The van der Waals surface area contributed by atoms with E-state index in [0.717, 1.165) is 42.1 Å². The summed E-state index contributed by atoms with van der Waals surface area (Å²) < 4.78 is 3.17. The van der Waals surface area contributed by atoms with E-state index in [9.17, 15) is 0 Å². The Labute approximate surface area is 199 Å². The summed E-state index contributed by atoms with van der Waals surface area (Å²) in [7, 11) is 0. The Kier molecular flexibility index (Phi) is 5.25. The fourth-order valence-corrected chi connectivity index (χ4v) is 5.29. The van der Waals surface area contributed by atoms with Crippen molar-refractivity contribution < 1.29 is 0 Å². The highest BCUT2D eigenvalue weighted by atomic mass is 79.9. The van der Waals surface area contributed by atoms with Gasteiger partial charge in [0, 0.05) is 59.2 Å². The number of benzene rings is 3. The van der Waals surface area contributed by atoms with E-state index in [1.807, 2.05) is 12.1 Å². The number of fused-ring (bicyclic) bond motifs is 2. The zero-order valence-electron chi connectivity index (χ0n) is 15.8. The Balaban J connectivity index is 1.73. The third-order valence-corrected chi connectivity index (χ3v) is 7.11. The van der Waals surface area contributed by atoms with E-state index in [0.29, 0.717) is 0 Å². The Bertz CT molecular complexity index is 1300. The molecular weight excluding hydrogens is 570 g/mol. The number of rotatable bonds is 4. The van der Waals surface area contributed by atoms with Crippen molar-refractivity contribution >= 4 is 75.3 Å². The van der Waals surface area contributed by atoms with E-state index in [-0.39, 0.29) is 5.92 Å². The second-order valence-electron chi connectivity index (χ2n) is 7.47. The van der Waals surface area contributed by atoms with Crippen LogP contribution in [0.25, 0.3) is 21.8 Å². The van der Waals surface area contributed by atoms with Crippen molar-refractivity contribution in [1.82, 2.24) is 9.97 Å². The Morgan fingerprint density at radius 2 is 1.20 bits per heavy atom. The number of nitrogen functional groups attached to an aromatic ring is 1. The first-order valence-electron chi connectivity index (χ1n) is 9.56. The van der Waals surface area contributed by atoms with Gasteiger partial charge in [-0.2, -0.15) is 0 Å². The molecule has 0 aliphatic carbocycles. The minimum absolute atomic E-state index is 0.132. The Morgan fingerprint density at radius 1 is 0.700 bits per heavy atom. The topological polar surface area (TPSA) is 57.6 Å². The highest BCUT2D eigenvalue weighted by molar-refractivity contribution is 9.11. The first-order valence-corrected chi connectivity index (χ1v) is 11.9. The second-order valence-corrected chi connectivity index (χ2v) is 10.2. The molecule has 0 bridgehead atoms. The van der Waals surface area contributed by atoms with Crippen LogP contribution in [0.15, 0.2) is 80.4 Å². The molecule has 0 saturated carbocycles. The van der Waals surface area contributed by atoms with Crippen molar-refractivity contribution in [3.63, 3.8) is 0 Å². The van der Waals surface area contributed by atoms with Crippen LogP contribution in [0, 0.1) is 0 Å². The molecule has 2 heterocycles. The first-order chi connectivity index (χ1) is 14.5. The van der Waals surface area contributed by atoms with Gasteiger partial charge in [-0.1, -0.05) is 47.8 Å². The summed E-state index contributed by atoms with van der Waals surface area (Å²) in [6, 6.07) is 18.8. The number of hydrogen-bond donors (Lipinski definition) is 3. The molecule has 30 heavy (non-hydrogen) atoms. The highest BCUT2D eigenvalue weighted by Gasteiger charge is 2.23. The van der Waals surface area contributed by atoms with Gasteiger partial charge in [0.25, 0.3) is 0 Å². The summed E-state index contributed by atoms with van der Waals surface area (Å²) >= 11 is 10.9. The molecule has 0 amide bonds. The van der Waals surface area contributed by atoms with Gasteiger partial charge in [-0.05, 0) is 77.7 Å². The van der Waals surface area contributed by atoms with E-state index < -0.39 is 0 Å². The monoisotopic (exact) mass is 585 g/mol. The molecule has 0 unspecified atom stereocenters. The lowest BCUT2D eigenvalue weighted by Gasteiger charge is -2.18. The van der Waals surface area contributed by atoms with Crippen LogP contribution >= 0.6 is 47.8 Å². The number of halogens is 3. The van der Waals surface area contributed by atoms with E-state index in [1.54, 1.807) is 0 Å². The Hall–Kier alpha value is -2.02. The Morgan fingerprint density at radius 3 is 1.77 bits per heavy atom. The van der Waals surface area contributed by atoms with Gasteiger partial charge in [0.15, 0.2) is 0 Å². The molecule has 6 heteroatoms. The average molecular weight is 588 g/mol. The maximum absolute atomic E-state index is 6.37. The summed E-state index contributed by atoms with van der Waals surface area (Å²) in [5, 5.41) is 2.43. The zero-order chi connectivity index (χ0) is 20.8. The lowest BCUT2D eigenvalue weighted by atomic mass is 9.85. The maximum atomic E-state index is 6.37. The normalized spacial score (nSPS) is 11.7. The van der Waals surface area contributed by atoms with Crippen molar-refractivity contribution in [3.05, 3.63) is 97.1 Å². The van der Waals surface area contributed by atoms with Crippen molar-refractivity contribution in [2.75, 3.05) is 5.73 Å². The summed E-state index contributed by atoms with van der Waals surface area (Å²) in [4.78, 5) is 6.90. The molecule has 150 valence electrons. The summed E-state index contributed by atoms with van der Waals surface area (Å²) in [5.41, 5.74) is 13.1. The number of nitrogens with one attached hydrogen (secondary N) is 2. The molecule has 0 spiro atoms. The lowest BCUT2D eigenvalue weighted by Crippen LogP contribution is -2.06. The molecule has 0 fully saturated rings. The quantitative estimate of drug-likeness (QED) is 0.184. The third kappa shape index (κ3) is 3.61. The van der Waals surface area contributed by atoms with Crippen LogP contribution in [-0.4, -0.2) is 9.97 Å². The number of hydrogen-bond acceptors (Lipinski definition) is 1. The fraction of sp³-hybridized carbons (Fsp3) is 0.0833. The third-order valence-electron chi connectivity index (χ3n) is 5.63. The molecule has 5 aromatic rings. The van der Waals surface area contributed by atoms with Crippen LogP contribution in [-0.2, 0) is 6.42 Å². The average Bonchev–Trinajstić information content (AvgIpc) is 3.32. The largest absolute Gasteiger partial charge is 0.399 e. The molecule has 0 saturated heterocycles. The summed E-state index contributed by atoms with van der Waals surface area (Å²) in [6.07, 6.45) is 5.06. The minimum Gasteiger partial charge on any atom is -0.399 e. The van der Waals surface area contributed by atoms with Gasteiger partial charge < -0.3 is 15.7 Å². The van der Waals surface area contributed by atoms with Crippen LogP contribution in [0.2, 0.25) is 0 Å². The number of anilines is 1. The lowest BCUT2D eigenvalue weighted by molar-refractivity contribution is 0.819. The number of aromatic amines is 2. The van der Waals surface area contributed by atoms with Crippen molar-refractivity contribution in [1.29, 1.82) is 0 Å². The van der Waals surface area contributed by atoms with E-state index in [4.69, 9.17) is 5.73 Å². The van der Waals surface area contributed by atoms with Gasteiger partial charge in [0.2, 0.25) is 0 Å². The SMILES string of the molecule is Nc1ccc(Br)cc1CC(c1c[nH]c2ccc(Br)cc12)c1c[nH]c2ccc(Br)cc12. The molecule has 0 aliphatic rings. The smallest absolute Gasteiger partial charge is 0.0457 e. The number of nitrogens with two attached hydrogens (primary N) is 1. The molecule has 0 atom stereocenters. The van der Waals surface area contributed by atoms with E-state index >= 15 is 0 Å². The van der Waals surface area contributed by atoms with Gasteiger partial charge in [0.05, 0.1) is 0 Å². The van der Waals surface area contributed by atoms with Gasteiger partial charge in [0.1, 0.15) is 0 Å². The minimum atomic E-state index is 0.132. The number of H-pyrrole nitrogens is 2. The molecule has 0 aliphatic heterocycles. The van der Waals surface area contributed by atoms with Crippen LogP contribution < -0.4 is 5.73 Å². The van der Waals surface area contributed by atoms with Crippen LogP contribution in [0.4, 0.5) is 5.69 Å². The highest BCUT2D eigenvalue weighted by Crippen LogP contribution is 2.39.